The largest absolute Gasteiger partial charge is 0.480 e. The van der Waals surface area contributed by atoms with Crippen molar-refractivity contribution in [1.29, 1.82) is 0 Å². The maximum Gasteiger partial charge on any atom is 0.323 e. The highest BCUT2D eigenvalue weighted by Gasteiger charge is 2.28. The first-order chi connectivity index (χ1) is 17.5. The molecule has 0 spiro atoms. The molecule has 2 amide bonds. The van der Waals surface area contributed by atoms with Gasteiger partial charge in [-0.3, -0.25) is 24.7 Å². The van der Waals surface area contributed by atoms with E-state index in [2.05, 4.69) is 25.7 Å². The molecule has 0 bridgehead atoms. The highest BCUT2D eigenvalue weighted by Crippen LogP contribution is 2.22. The van der Waals surface area contributed by atoms with E-state index in [4.69, 9.17) is 0 Å². The Morgan fingerprint density at radius 1 is 1.16 bits per heavy atom. The van der Waals surface area contributed by atoms with Crippen molar-refractivity contribution in [3.05, 3.63) is 50.7 Å². The fourth-order valence-electron chi connectivity index (χ4n) is 3.98. The smallest absolute Gasteiger partial charge is 0.323 e. The maximum atomic E-state index is 12.9. The van der Waals surface area contributed by atoms with Crippen molar-refractivity contribution >= 4 is 45.1 Å². The molecule has 11 nitrogen and oxygen atoms in total. The number of carboxylic acids is 1. The molecule has 1 aromatic heterocycles. The summed E-state index contributed by atoms with van der Waals surface area (Å²) in [4.78, 5) is 41.8. The minimum Gasteiger partial charge on any atom is -0.480 e. The van der Waals surface area contributed by atoms with E-state index in [9.17, 15) is 27.9 Å². The third kappa shape index (κ3) is 7.84. The summed E-state index contributed by atoms with van der Waals surface area (Å²) in [5, 5.41) is 17.8. The SMILES string of the molecule is Cc1cc(C)c(S(=O)(=O)NC(CNC(=O)c2ccc(CCC(=O)NC3=NCCCN3)s2)C(=O)O)c(C)c1. The number of aliphatic imine (C=N–C) groups is 1. The van der Waals surface area contributed by atoms with Gasteiger partial charge < -0.3 is 15.7 Å². The zero-order valence-electron chi connectivity index (χ0n) is 20.9. The Labute approximate surface area is 219 Å². The Bertz CT molecular complexity index is 1300. The number of amides is 2. The summed E-state index contributed by atoms with van der Waals surface area (Å²) < 4.78 is 28.1. The van der Waals surface area contributed by atoms with Gasteiger partial charge in [-0.1, -0.05) is 17.7 Å². The van der Waals surface area contributed by atoms with E-state index in [0.29, 0.717) is 34.9 Å². The van der Waals surface area contributed by atoms with E-state index >= 15 is 0 Å². The van der Waals surface area contributed by atoms with Gasteiger partial charge in [0.25, 0.3) is 5.91 Å². The van der Waals surface area contributed by atoms with Gasteiger partial charge in [0.05, 0.1) is 9.77 Å². The van der Waals surface area contributed by atoms with E-state index in [-0.39, 0.29) is 17.2 Å². The highest BCUT2D eigenvalue weighted by atomic mass is 32.2. The molecule has 2 aromatic rings. The zero-order chi connectivity index (χ0) is 27.2. The molecule has 1 atom stereocenters. The predicted molar refractivity (Wildman–Crippen MR) is 140 cm³/mol. The molecule has 0 fully saturated rings. The Kier molecular flexibility index (Phi) is 9.40. The number of rotatable bonds is 10. The monoisotopic (exact) mass is 549 g/mol. The molecule has 37 heavy (non-hydrogen) atoms. The molecule has 0 saturated heterocycles. The Morgan fingerprint density at radius 2 is 1.86 bits per heavy atom. The number of guanidine groups is 1. The second kappa shape index (κ2) is 12.3. The molecule has 0 radical (unpaired) electrons. The van der Waals surface area contributed by atoms with E-state index in [0.717, 1.165) is 23.4 Å². The summed E-state index contributed by atoms with van der Waals surface area (Å²) in [6, 6.07) is 5.16. The second-order valence-corrected chi connectivity index (χ2v) is 11.6. The molecular weight excluding hydrogens is 518 g/mol. The number of aliphatic carboxylic acids is 1. The van der Waals surface area contributed by atoms with Crippen molar-refractivity contribution in [3.63, 3.8) is 0 Å². The third-order valence-electron chi connectivity index (χ3n) is 5.57. The lowest BCUT2D eigenvalue weighted by molar-refractivity contribution is -0.138. The van der Waals surface area contributed by atoms with E-state index in [1.807, 2.05) is 6.92 Å². The van der Waals surface area contributed by atoms with E-state index in [1.54, 1.807) is 38.1 Å². The molecule has 2 heterocycles. The summed E-state index contributed by atoms with van der Waals surface area (Å²) in [5.74, 6) is -1.67. The predicted octanol–water partition coefficient (Wildman–Crippen LogP) is 1.23. The molecule has 1 aromatic carbocycles. The van der Waals surface area contributed by atoms with Crippen molar-refractivity contribution in [2.45, 2.75) is 51.0 Å². The summed E-state index contributed by atoms with van der Waals surface area (Å²) >= 11 is 1.18. The maximum absolute atomic E-state index is 12.9. The number of carbonyl (C=O) groups excluding carboxylic acids is 2. The Morgan fingerprint density at radius 3 is 2.49 bits per heavy atom. The van der Waals surface area contributed by atoms with Crippen LogP contribution in [0.4, 0.5) is 0 Å². The fraction of sp³-hybridized carbons (Fsp3) is 0.417. The number of hydrogen-bond acceptors (Lipinski definition) is 8. The highest BCUT2D eigenvalue weighted by molar-refractivity contribution is 7.89. The normalized spacial score (nSPS) is 14.3. The van der Waals surface area contributed by atoms with Crippen LogP contribution in [0.1, 0.15) is 44.1 Å². The summed E-state index contributed by atoms with van der Waals surface area (Å²) in [7, 11) is -4.15. The molecule has 1 unspecified atom stereocenters. The van der Waals surface area contributed by atoms with Gasteiger partial charge in [0, 0.05) is 30.9 Å². The Balaban J connectivity index is 1.56. The van der Waals surface area contributed by atoms with Gasteiger partial charge in [0.15, 0.2) is 5.96 Å². The van der Waals surface area contributed by atoms with Gasteiger partial charge >= 0.3 is 5.97 Å². The minimum absolute atomic E-state index is 0.0222. The first kappa shape index (κ1) is 28.3. The quantitative estimate of drug-likeness (QED) is 0.297. The number of sulfonamides is 1. The van der Waals surface area contributed by atoms with Gasteiger partial charge in [-0.2, -0.15) is 4.72 Å². The van der Waals surface area contributed by atoms with Crippen molar-refractivity contribution < 1.29 is 27.9 Å². The summed E-state index contributed by atoms with van der Waals surface area (Å²) in [6.07, 6.45) is 1.55. The molecular formula is C24H31N5O6S2. The van der Waals surface area contributed by atoms with Crippen LogP contribution in [-0.2, 0) is 26.0 Å². The first-order valence-corrected chi connectivity index (χ1v) is 14.0. The standard InChI is InChI=1S/C24H31N5O6S2/c1-14-11-15(2)21(16(3)12-14)37(34,35)29-18(23(32)33)13-27-22(31)19-7-5-17(36-19)6-8-20(30)28-24-25-9-4-10-26-24/h5,7,11-12,18,29H,4,6,8-10,13H2,1-3H3,(H,27,31)(H,32,33)(H2,25,26,28,30). The van der Waals surface area contributed by atoms with Crippen LogP contribution in [-0.4, -0.2) is 62.9 Å². The van der Waals surface area contributed by atoms with Crippen molar-refractivity contribution in [2.24, 2.45) is 4.99 Å². The van der Waals surface area contributed by atoms with Crippen LogP contribution in [0, 0.1) is 20.8 Å². The first-order valence-electron chi connectivity index (χ1n) is 11.7. The van der Waals surface area contributed by atoms with Crippen LogP contribution < -0.4 is 20.7 Å². The Hall–Kier alpha value is -3.29. The van der Waals surface area contributed by atoms with Gasteiger partial charge in [-0.25, -0.2) is 8.42 Å². The molecule has 1 aliphatic heterocycles. The second-order valence-electron chi connectivity index (χ2n) is 8.77. The number of hydrogen-bond donors (Lipinski definition) is 5. The molecule has 0 aliphatic carbocycles. The van der Waals surface area contributed by atoms with Crippen LogP contribution in [0.15, 0.2) is 34.2 Å². The van der Waals surface area contributed by atoms with Crippen molar-refractivity contribution in [3.8, 4) is 0 Å². The van der Waals surface area contributed by atoms with Crippen LogP contribution in [0.3, 0.4) is 0 Å². The number of benzene rings is 1. The van der Waals surface area contributed by atoms with E-state index in [1.165, 1.54) is 11.3 Å². The lowest BCUT2D eigenvalue weighted by atomic mass is 10.1. The lowest BCUT2D eigenvalue weighted by Gasteiger charge is -2.18. The van der Waals surface area contributed by atoms with Gasteiger partial charge in [-0.15, -0.1) is 11.3 Å². The number of carboxylic acid groups (broad SMARTS) is 1. The number of thiophene rings is 1. The average molecular weight is 550 g/mol. The molecule has 3 rings (SSSR count). The van der Waals surface area contributed by atoms with Gasteiger partial charge in [0.1, 0.15) is 6.04 Å². The number of aryl methyl sites for hydroxylation is 4. The topological polar surface area (TPSA) is 166 Å². The third-order valence-corrected chi connectivity index (χ3v) is 8.49. The molecule has 1 aliphatic rings. The van der Waals surface area contributed by atoms with Crippen LogP contribution in [0.5, 0.6) is 0 Å². The van der Waals surface area contributed by atoms with E-state index < -0.39 is 34.5 Å². The van der Waals surface area contributed by atoms with Crippen LogP contribution >= 0.6 is 11.3 Å². The van der Waals surface area contributed by atoms with Crippen molar-refractivity contribution in [1.82, 2.24) is 20.7 Å². The minimum atomic E-state index is -4.15. The summed E-state index contributed by atoms with van der Waals surface area (Å²) in [6.45, 7) is 6.12. The molecule has 200 valence electrons. The lowest BCUT2D eigenvalue weighted by Crippen LogP contribution is -2.48. The average Bonchev–Trinajstić information content (AvgIpc) is 3.29. The molecule has 13 heteroatoms. The number of nitrogens with zero attached hydrogens (tertiary/aromatic N) is 1. The fourth-order valence-corrected chi connectivity index (χ4v) is 6.55. The van der Waals surface area contributed by atoms with Crippen molar-refractivity contribution in [2.75, 3.05) is 19.6 Å². The van der Waals surface area contributed by atoms with Gasteiger partial charge in [0.2, 0.25) is 15.9 Å². The van der Waals surface area contributed by atoms with Crippen LogP contribution in [0.2, 0.25) is 0 Å². The number of carbonyl (C=O) groups is 3. The van der Waals surface area contributed by atoms with Gasteiger partial charge in [-0.05, 0) is 56.9 Å². The zero-order valence-corrected chi connectivity index (χ0v) is 22.5. The summed E-state index contributed by atoms with van der Waals surface area (Å²) in [5.41, 5.74) is 1.89. The molecule has 0 saturated carbocycles. The number of nitrogens with one attached hydrogen (secondary N) is 4. The molecule has 5 N–H and O–H groups in total. The van der Waals surface area contributed by atoms with Crippen LogP contribution in [0.25, 0.3) is 0 Å².